The first kappa shape index (κ1) is 7.76. The molecule has 66 valence electrons. The molecule has 2 rings (SSSR count). The first-order valence-electron chi connectivity index (χ1n) is 4.19. The van der Waals surface area contributed by atoms with E-state index in [1.807, 2.05) is 6.07 Å². The average molecular weight is 167 g/mol. The van der Waals surface area contributed by atoms with Crippen LogP contribution in [-0.4, -0.2) is 27.4 Å². The Hall–Kier alpha value is -0.870. The summed E-state index contributed by atoms with van der Waals surface area (Å²) in [5, 5.41) is 19.0. The van der Waals surface area contributed by atoms with Crippen molar-refractivity contribution in [2.24, 2.45) is 0 Å². The molecule has 1 aliphatic carbocycles. The van der Waals surface area contributed by atoms with Crippen LogP contribution in [0.2, 0.25) is 0 Å². The Kier molecular flexibility index (Phi) is 1.86. The van der Waals surface area contributed by atoms with E-state index in [0.717, 1.165) is 25.1 Å². The SMILES string of the molecule is OCC1(NCc2ccn[nH]2)CC1. The molecule has 3 N–H and O–H groups in total. The Morgan fingerprint density at radius 2 is 2.50 bits per heavy atom. The van der Waals surface area contributed by atoms with Crippen LogP contribution in [0, 0.1) is 0 Å². The fourth-order valence-electron chi connectivity index (χ4n) is 1.21. The third-order valence-electron chi connectivity index (χ3n) is 2.37. The number of rotatable bonds is 4. The summed E-state index contributed by atoms with van der Waals surface area (Å²) in [7, 11) is 0. The van der Waals surface area contributed by atoms with Gasteiger partial charge in [-0.25, -0.2) is 0 Å². The van der Waals surface area contributed by atoms with E-state index in [4.69, 9.17) is 5.11 Å². The quantitative estimate of drug-likeness (QED) is 0.592. The lowest BCUT2D eigenvalue weighted by Crippen LogP contribution is -2.34. The Morgan fingerprint density at radius 1 is 1.67 bits per heavy atom. The van der Waals surface area contributed by atoms with Crippen LogP contribution in [-0.2, 0) is 6.54 Å². The maximum Gasteiger partial charge on any atom is 0.0613 e. The van der Waals surface area contributed by atoms with E-state index in [-0.39, 0.29) is 12.1 Å². The van der Waals surface area contributed by atoms with Gasteiger partial charge in [0.05, 0.1) is 6.61 Å². The van der Waals surface area contributed by atoms with Crippen LogP contribution >= 0.6 is 0 Å². The van der Waals surface area contributed by atoms with Crippen molar-refractivity contribution in [1.82, 2.24) is 15.5 Å². The van der Waals surface area contributed by atoms with Crippen LogP contribution in [0.15, 0.2) is 12.3 Å². The van der Waals surface area contributed by atoms with Crippen molar-refractivity contribution in [2.45, 2.75) is 24.9 Å². The van der Waals surface area contributed by atoms with E-state index < -0.39 is 0 Å². The van der Waals surface area contributed by atoms with Crippen molar-refractivity contribution in [2.75, 3.05) is 6.61 Å². The number of nitrogens with one attached hydrogen (secondary N) is 2. The van der Waals surface area contributed by atoms with Crippen molar-refractivity contribution in [3.05, 3.63) is 18.0 Å². The number of H-pyrrole nitrogens is 1. The Bertz CT molecular complexity index is 241. The summed E-state index contributed by atoms with van der Waals surface area (Å²) < 4.78 is 0. The fourth-order valence-corrected chi connectivity index (χ4v) is 1.21. The minimum absolute atomic E-state index is 0.0190. The molecule has 4 nitrogen and oxygen atoms in total. The molecule has 0 unspecified atom stereocenters. The third kappa shape index (κ3) is 1.49. The van der Waals surface area contributed by atoms with Crippen LogP contribution in [0.5, 0.6) is 0 Å². The van der Waals surface area contributed by atoms with Crippen LogP contribution < -0.4 is 5.32 Å². The second-order valence-corrected chi connectivity index (χ2v) is 3.37. The lowest BCUT2D eigenvalue weighted by atomic mass is 10.3. The lowest BCUT2D eigenvalue weighted by Gasteiger charge is -2.12. The Labute approximate surface area is 71.0 Å². The molecular formula is C8H13N3O. The minimum Gasteiger partial charge on any atom is -0.394 e. The molecule has 4 heteroatoms. The van der Waals surface area contributed by atoms with Gasteiger partial charge < -0.3 is 10.4 Å². The molecule has 1 aromatic rings. The van der Waals surface area contributed by atoms with Crippen molar-refractivity contribution < 1.29 is 5.11 Å². The van der Waals surface area contributed by atoms with Gasteiger partial charge in [0.25, 0.3) is 0 Å². The highest BCUT2D eigenvalue weighted by Crippen LogP contribution is 2.34. The predicted molar refractivity (Wildman–Crippen MR) is 44.5 cm³/mol. The van der Waals surface area contributed by atoms with Gasteiger partial charge in [-0.2, -0.15) is 5.10 Å². The molecule has 0 atom stereocenters. The van der Waals surface area contributed by atoms with Crippen LogP contribution in [0.1, 0.15) is 18.5 Å². The van der Waals surface area contributed by atoms with Gasteiger partial charge in [0, 0.05) is 24.0 Å². The first-order valence-corrected chi connectivity index (χ1v) is 4.19. The van der Waals surface area contributed by atoms with Gasteiger partial charge in [0.15, 0.2) is 0 Å². The van der Waals surface area contributed by atoms with E-state index in [1.54, 1.807) is 6.20 Å². The van der Waals surface area contributed by atoms with Crippen molar-refractivity contribution in [3.8, 4) is 0 Å². The molecule has 0 spiro atoms. The molecule has 1 saturated carbocycles. The van der Waals surface area contributed by atoms with Gasteiger partial charge in [-0.1, -0.05) is 0 Å². The van der Waals surface area contributed by atoms with Crippen molar-refractivity contribution in [1.29, 1.82) is 0 Å². The highest BCUT2D eigenvalue weighted by molar-refractivity contribution is 5.05. The third-order valence-corrected chi connectivity index (χ3v) is 2.37. The summed E-state index contributed by atoms with van der Waals surface area (Å²) in [4.78, 5) is 0. The van der Waals surface area contributed by atoms with Crippen molar-refractivity contribution >= 4 is 0 Å². The molecule has 0 saturated heterocycles. The highest BCUT2D eigenvalue weighted by atomic mass is 16.3. The standard InChI is InChI=1S/C8H13N3O/c12-6-8(2-3-8)9-5-7-1-4-10-11-7/h1,4,9,12H,2-3,5-6H2,(H,10,11). The maximum absolute atomic E-state index is 9.00. The monoisotopic (exact) mass is 167 g/mol. The van der Waals surface area contributed by atoms with Gasteiger partial charge in [-0.3, -0.25) is 5.10 Å². The fraction of sp³-hybridized carbons (Fsp3) is 0.625. The summed E-state index contributed by atoms with van der Waals surface area (Å²) in [5.41, 5.74) is 1.08. The van der Waals surface area contributed by atoms with E-state index in [0.29, 0.717) is 0 Å². The zero-order valence-electron chi connectivity index (χ0n) is 6.88. The highest BCUT2D eigenvalue weighted by Gasteiger charge is 2.41. The first-order chi connectivity index (χ1) is 5.85. The van der Waals surface area contributed by atoms with E-state index >= 15 is 0 Å². The molecule has 12 heavy (non-hydrogen) atoms. The molecular weight excluding hydrogens is 154 g/mol. The maximum atomic E-state index is 9.00. The van der Waals surface area contributed by atoms with Crippen molar-refractivity contribution in [3.63, 3.8) is 0 Å². The molecule has 0 amide bonds. The molecule has 0 radical (unpaired) electrons. The number of hydrogen-bond acceptors (Lipinski definition) is 3. The summed E-state index contributed by atoms with van der Waals surface area (Å²) in [5.74, 6) is 0. The Balaban J connectivity index is 1.83. The smallest absolute Gasteiger partial charge is 0.0613 e. The zero-order chi connectivity index (χ0) is 8.44. The summed E-state index contributed by atoms with van der Waals surface area (Å²) in [6, 6.07) is 1.93. The van der Waals surface area contributed by atoms with E-state index in [2.05, 4.69) is 15.5 Å². The van der Waals surface area contributed by atoms with Gasteiger partial charge in [0.1, 0.15) is 0 Å². The van der Waals surface area contributed by atoms with E-state index in [9.17, 15) is 0 Å². The minimum atomic E-state index is 0.0190. The van der Waals surface area contributed by atoms with Gasteiger partial charge in [-0.05, 0) is 18.9 Å². The number of hydrogen-bond donors (Lipinski definition) is 3. The zero-order valence-corrected chi connectivity index (χ0v) is 6.88. The van der Waals surface area contributed by atoms with E-state index in [1.165, 1.54) is 0 Å². The number of aliphatic hydroxyl groups excluding tert-OH is 1. The number of nitrogens with zero attached hydrogens (tertiary/aromatic N) is 1. The molecule has 1 aliphatic rings. The van der Waals surface area contributed by atoms with Gasteiger partial charge in [0.2, 0.25) is 0 Å². The molecule has 0 aliphatic heterocycles. The largest absolute Gasteiger partial charge is 0.394 e. The molecule has 1 fully saturated rings. The Morgan fingerprint density at radius 3 is 3.00 bits per heavy atom. The summed E-state index contributed by atoms with van der Waals surface area (Å²) >= 11 is 0. The number of aliphatic hydroxyl groups is 1. The molecule has 0 aromatic carbocycles. The topological polar surface area (TPSA) is 60.9 Å². The lowest BCUT2D eigenvalue weighted by molar-refractivity contribution is 0.229. The van der Waals surface area contributed by atoms with Gasteiger partial charge >= 0.3 is 0 Å². The second-order valence-electron chi connectivity index (χ2n) is 3.37. The van der Waals surface area contributed by atoms with Crippen LogP contribution in [0.4, 0.5) is 0 Å². The molecule has 0 bridgehead atoms. The summed E-state index contributed by atoms with van der Waals surface area (Å²) in [6.45, 7) is 1.00. The normalized spacial score (nSPS) is 19.4. The molecule has 1 heterocycles. The van der Waals surface area contributed by atoms with Crippen LogP contribution in [0.3, 0.4) is 0 Å². The average Bonchev–Trinajstić information content (AvgIpc) is 2.70. The number of aromatic amines is 1. The second kappa shape index (κ2) is 2.88. The summed E-state index contributed by atoms with van der Waals surface area (Å²) in [6.07, 6.45) is 3.89. The number of aromatic nitrogens is 2. The van der Waals surface area contributed by atoms with Gasteiger partial charge in [-0.15, -0.1) is 0 Å². The van der Waals surface area contributed by atoms with Crippen LogP contribution in [0.25, 0.3) is 0 Å². The predicted octanol–water partition coefficient (Wildman–Crippen LogP) is 0.0242. The molecule has 1 aromatic heterocycles.